The highest BCUT2D eigenvalue weighted by Gasteiger charge is 2.23. The zero-order chi connectivity index (χ0) is 27.2. The van der Waals surface area contributed by atoms with Gasteiger partial charge in [-0.05, 0) is 37.1 Å². The van der Waals surface area contributed by atoms with Crippen LogP contribution in [-0.4, -0.2) is 41.0 Å². The first-order valence-electron chi connectivity index (χ1n) is 12.9. The van der Waals surface area contributed by atoms with Crippen LogP contribution in [0.15, 0.2) is 49.1 Å². The number of fused-ring (bicyclic) bond motifs is 2. The van der Waals surface area contributed by atoms with Gasteiger partial charge in [0.2, 0.25) is 5.91 Å². The van der Waals surface area contributed by atoms with E-state index in [9.17, 15) is 9.18 Å². The third kappa shape index (κ3) is 4.30. The number of H-pyrrole nitrogens is 2. The molecule has 1 aliphatic carbocycles. The van der Waals surface area contributed by atoms with E-state index in [1.54, 1.807) is 30.6 Å². The summed E-state index contributed by atoms with van der Waals surface area (Å²) in [5, 5.41) is 9.96. The maximum absolute atomic E-state index is 16.1. The summed E-state index contributed by atoms with van der Waals surface area (Å²) in [5.41, 5.74) is 3.35. The second-order valence-electron chi connectivity index (χ2n) is 9.81. The van der Waals surface area contributed by atoms with Gasteiger partial charge in [-0.1, -0.05) is 19.3 Å². The fourth-order valence-corrected chi connectivity index (χ4v) is 5.99. The van der Waals surface area contributed by atoms with E-state index in [-0.39, 0.29) is 33.7 Å². The van der Waals surface area contributed by atoms with Crippen LogP contribution >= 0.6 is 11.3 Å². The lowest BCUT2D eigenvalue weighted by atomic mass is 9.88. The molecule has 0 atom stereocenters. The van der Waals surface area contributed by atoms with E-state index in [1.165, 1.54) is 18.5 Å². The van der Waals surface area contributed by atoms with Gasteiger partial charge in [-0.3, -0.25) is 24.8 Å². The van der Waals surface area contributed by atoms with Crippen LogP contribution in [0.25, 0.3) is 55.3 Å². The minimum Gasteiger partial charge on any atom is -0.336 e. The Morgan fingerprint density at radius 1 is 0.975 bits per heavy atom. The van der Waals surface area contributed by atoms with Crippen molar-refractivity contribution in [1.82, 2.24) is 35.1 Å². The van der Waals surface area contributed by atoms with Crippen molar-refractivity contribution in [1.29, 1.82) is 0 Å². The monoisotopic (exact) mass is 556 g/mol. The molecule has 6 heterocycles. The first kappa shape index (κ1) is 24.5. The number of aromatic nitrogens is 7. The van der Waals surface area contributed by atoms with Crippen LogP contribution in [0.3, 0.4) is 0 Å². The minimum atomic E-state index is -0.599. The highest BCUT2D eigenvalue weighted by Crippen LogP contribution is 2.35. The van der Waals surface area contributed by atoms with E-state index < -0.39 is 5.82 Å². The third-order valence-electron chi connectivity index (χ3n) is 7.23. The number of pyridine rings is 3. The Morgan fingerprint density at radius 3 is 2.67 bits per heavy atom. The van der Waals surface area contributed by atoms with Crippen LogP contribution in [0.5, 0.6) is 0 Å². The van der Waals surface area contributed by atoms with Crippen molar-refractivity contribution < 1.29 is 13.6 Å². The average molecular weight is 557 g/mol. The van der Waals surface area contributed by atoms with Crippen LogP contribution in [0, 0.1) is 16.9 Å². The van der Waals surface area contributed by atoms with Crippen molar-refractivity contribution in [2.45, 2.75) is 32.1 Å². The van der Waals surface area contributed by atoms with Gasteiger partial charge < -0.3 is 10.3 Å². The molecule has 0 spiro atoms. The molecule has 6 aromatic heterocycles. The summed E-state index contributed by atoms with van der Waals surface area (Å²) >= 11 is 0.974. The number of anilines is 1. The molecule has 9 nitrogen and oxygen atoms in total. The van der Waals surface area contributed by atoms with Crippen LogP contribution in [-0.2, 0) is 4.79 Å². The van der Waals surface area contributed by atoms with E-state index in [4.69, 9.17) is 0 Å². The fraction of sp³-hybridized carbons (Fsp3) is 0.214. The number of hydrogen-bond donors (Lipinski definition) is 3. The zero-order valence-electron chi connectivity index (χ0n) is 21.0. The molecular weight excluding hydrogens is 534 g/mol. The van der Waals surface area contributed by atoms with Crippen LogP contribution in [0.4, 0.5) is 14.5 Å². The Balaban J connectivity index is 1.26. The summed E-state index contributed by atoms with van der Waals surface area (Å²) in [6.45, 7) is 0. The number of nitrogens with one attached hydrogen (secondary N) is 3. The quantitative estimate of drug-likeness (QED) is 0.223. The van der Waals surface area contributed by atoms with Crippen molar-refractivity contribution >= 4 is 44.9 Å². The Labute approximate surface area is 230 Å². The Kier molecular flexibility index (Phi) is 6.03. The van der Waals surface area contributed by atoms with Crippen molar-refractivity contribution in [3.05, 3.63) is 60.0 Å². The lowest BCUT2D eigenvalue weighted by Gasteiger charge is -2.20. The normalized spacial score (nSPS) is 14.2. The number of carbonyl (C=O) groups excluding carboxylic acids is 1. The minimum absolute atomic E-state index is 0.0181. The lowest BCUT2D eigenvalue weighted by molar-refractivity contribution is -0.120. The topological polar surface area (TPSA) is 125 Å². The van der Waals surface area contributed by atoms with Gasteiger partial charge in [0.25, 0.3) is 0 Å². The van der Waals surface area contributed by atoms with Gasteiger partial charge in [0.1, 0.15) is 22.6 Å². The van der Waals surface area contributed by atoms with Gasteiger partial charge in [0.05, 0.1) is 39.4 Å². The maximum atomic E-state index is 16.1. The molecule has 1 amide bonds. The molecule has 0 radical (unpaired) electrons. The molecule has 1 aliphatic rings. The first-order valence-corrected chi connectivity index (χ1v) is 13.8. The highest BCUT2D eigenvalue weighted by molar-refractivity contribution is 7.13. The van der Waals surface area contributed by atoms with Crippen LogP contribution in [0.1, 0.15) is 32.1 Å². The van der Waals surface area contributed by atoms with Gasteiger partial charge in [-0.2, -0.15) is 9.49 Å². The maximum Gasteiger partial charge on any atom is 0.227 e. The third-order valence-corrected chi connectivity index (χ3v) is 8.11. The van der Waals surface area contributed by atoms with Crippen molar-refractivity contribution in [3.63, 3.8) is 0 Å². The van der Waals surface area contributed by atoms with Crippen LogP contribution < -0.4 is 5.32 Å². The molecule has 0 saturated heterocycles. The predicted octanol–water partition coefficient (Wildman–Crippen LogP) is 6.48. The Hall–Kier alpha value is -4.58. The first-order chi connectivity index (χ1) is 19.5. The van der Waals surface area contributed by atoms with E-state index in [2.05, 4.69) is 40.4 Å². The number of rotatable bonds is 5. The lowest BCUT2D eigenvalue weighted by Crippen LogP contribution is -2.24. The summed E-state index contributed by atoms with van der Waals surface area (Å²) in [6, 6.07) is 6.45. The van der Waals surface area contributed by atoms with E-state index in [1.807, 2.05) is 0 Å². The molecule has 7 rings (SSSR count). The van der Waals surface area contributed by atoms with Crippen molar-refractivity contribution in [2.75, 3.05) is 5.32 Å². The number of aromatic amines is 2. The second kappa shape index (κ2) is 9.87. The van der Waals surface area contributed by atoms with E-state index >= 15 is 4.39 Å². The molecule has 1 fully saturated rings. The summed E-state index contributed by atoms with van der Waals surface area (Å²) in [7, 11) is 0. The predicted molar refractivity (Wildman–Crippen MR) is 148 cm³/mol. The average Bonchev–Trinajstić information content (AvgIpc) is 3.72. The molecule has 0 unspecified atom stereocenters. The summed E-state index contributed by atoms with van der Waals surface area (Å²) in [5.74, 6) is -0.327. The highest BCUT2D eigenvalue weighted by atomic mass is 32.1. The summed E-state index contributed by atoms with van der Waals surface area (Å²) in [4.78, 5) is 34.2. The summed E-state index contributed by atoms with van der Waals surface area (Å²) in [6.07, 6.45) is 11.2. The Morgan fingerprint density at radius 2 is 1.85 bits per heavy atom. The molecule has 200 valence electrons. The number of nitrogens with zero attached hydrogens (tertiary/aromatic N) is 5. The zero-order valence-corrected chi connectivity index (χ0v) is 21.9. The van der Waals surface area contributed by atoms with Crippen molar-refractivity contribution in [3.8, 4) is 33.3 Å². The molecule has 1 saturated carbocycles. The number of amides is 1. The standard InChI is InChI=1S/C28H22F2N8OS/c29-20-7-6-19(40-20)25-24-17(8-9-32-25)35-27(36-24)26-21-18(37-38-26)13-33-23(22(21)30)15-10-16(12-31-11-15)34-28(39)14-4-2-1-3-5-14/h6-14H,1-5H2,(H,34,39)(H,35,36)(H,37,38). The molecule has 6 aromatic rings. The number of carbonyl (C=O) groups is 1. The number of thiophene rings is 1. The molecule has 40 heavy (non-hydrogen) atoms. The smallest absolute Gasteiger partial charge is 0.227 e. The number of hydrogen-bond acceptors (Lipinski definition) is 7. The SMILES string of the molecule is O=C(Nc1cncc(-c2ncc3[nH]nc(-c4nc5c(-c6ccc(F)s6)nccc5[nH]4)c3c2F)c1)C1CCCCC1. The van der Waals surface area contributed by atoms with Gasteiger partial charge >= 0.3 is 0 Å². The molecule has 3 N–H and O–H groups in total. The number of halogens is 2. The molecule has 0 bridgehead atoms. The van der Waals surface area contributed by atoms with E-state index in [0.717, 1.165) is 43.4 Å². The molecular formula is C28H22F2N8OS. The van der Waals surface area contributed by atoms with E-state index in [0.29, 0.717) is 44.2 Å². The summed E-state index contributed by atoms with van der Waals surface area (Å²) < 4.78 is 29.8. The molecule has 12 heteroatoms. The Bertz CT molecular complexity index is 1890. The number of imidazole rings is 1. The largest absolute Gasteiger partial charge is 0.336 e. The molecule has 0 aliphatic heterocycles. The van der Waals surface area contributed by atoms with Crippen LogP contribution in [0.2, 0.25) is 0 Å². The van der Waals surface area contributed by atoms with Gasteiger partial charge in [0, 0.05) is 23.9 Å². The second-order valence-corrected chi connectivity index (χ2v) is 10.8. The van der Waals surface area contributed by atoms with Gasteiger partial charge in [-0.15, -0.1) is 11.3 Å². The van der Waals surface area contributed by atoms with Gasteiger partial charge in [-0.25, -0.2) is 9.37 Å². The van der Waals surface area contributed by atoms with Crippen molar-refractivity contribution in [2.24, 2.45) is 5.92 Å². The van der Waals surface area contributed by atoms with Gasteiger partial charge in [0.15, 0.2) is 16.8 Å². The fourth-order valence-electron chi connectivity index (χ4n) is 5.26. The molecule has 0 aromatic carbocycles.